The van der Waals surface area contributed by atoms with Gasteiger partial charge in [0.25, 0.3) is 5.91 Å². The molecule has 2 heterocycles. The van der Waals surface area contributed by atoms with E-state index in [9.17, 15) is 14.9 Å². The van der Waals surface area contributed by atoms with Crippen molar-refractivity contribution < 1.29 is 9.72 Å². The number of carbonyl (C=O) groups is 1. The number of nitrogens with zero attached hydrogens (tertiary/aromatic N) is 5. The standard InChI is InChI=1S/C18H20N6O3/c1-12-6-4-5-7-15(12)11-22-9-8-16(20-22)19-18(25)14(3)23-13(2)10-17(21-23)24(26)27/h4-10,14H,11H2,1-3H3,(H,19,20,25). The van der Waals surface area contributed by atoms with Crippen LogP contribution in [0.4, 0.5) is 11.6 Å². The maximum atomic E-state index is 12.5. The van der Waals surface area contributed by atoms with E-state index in [-0.39, 0.29) is 11.7 Å². The van der Waals surface area contributed by atoms with Crippen LogP contribution in [0, 0.1) is 24.0 Å². The molecule has 0 aliphatic carbocycles. The number of rotatable bonds is 6. The fourth-order valence-electron chi connectivity index (χ4n) is 2.77. The van der Waals surface area contributed by atoms with E-state index in [2.05, 4.69) is 15.5 Å². The molecule has 9 heteroatoms. The van der Waals surface area contributed by atoms with E-state index in [0.29, 0.717) is 18.1 Å². The first-order valence-corrected chi connectivity index (χ1v) is 8.44. The number of aromatic nitrogens is 4. The predicted molar refractivity (Wildman–Crippen MR) is 99.5 cm³/mol. The molecule has 1 atom stereocenters. The highest BCUT2D eigenvalue weighted by atomic mass is 16.6. The number of hydrogen-bond acceptors (Lipinski definition) is 5. The molecule has 9 nitrogen and oxygen atoms in total. The molecule has 0 radical (unpaired) electrons. The number of amides is 1. The smallest absolute Gasteiger partial charge is 0.358 e. The number of aryl methyl sites for hydroxylation is 2. The first-order valence-electron chi connectivity index (χ1n) is 8.44. The van der Waals surface area contributed by atoms with Crippen molar-refractivity contribution in [3.8, 4) is 0 Å². The summed E-state index contributed by atoms with van der Waals surface area (Å²) in [5.74, 6) is -0.216. The largest absolute Gasteiger partial charge is 0.390 e. The van der Waals surface area contributed by atoms with E-state index in [1.807, 2.05) is 31.2 Å². The van der Waals surface area contributed by atoms with E-state index >= 15 is 0 Å². The lowest BCUT2D eigenvalue weighted by atomic mass is 10.1. The third kappa shape index (κ3) is 4.02. The first-order chi connectivity index (χ1) is 12.8. The van der Waals surface area contributed by atoms with Gasteiger partial charge in [-0.2, -0.15) is 9.78 Å². The summed E-state index contributed by atoms with van der Waals surface area (Å²) in [6, 6.07) is 10.4. The summed E-state index contributed by atoms with van der Waals surface area (Å²) in [6.45, 7) is 5.93. The van der Waals surface area contributed by atoms with Crippen molar-refractivity contribution in [2.75, 3.05) is 5.32 Å². The van der Waals surface area contributed by atoms with Crippen LogP contribution in [0.25, 0.3) is 0 Å². The molecule has 0 fully saturated rings. The highest BCUT2D eigenvalue weighted by Gasteiger charge is 2.25. The van der Waals surface area contributed by atoms with E-state index in [0.717, 1.165) is 5.56 Å². The number of nitrogens with one attached hydrogen (secondary N) is 1. The van der Waals surface area contributed by atoms with Gasteiger partial charge in [-0.3, -0.25) is 9.48 Å². The van der Waals surface area contributed by atoms with Gasteiger partial charge in [-0.05, 0) is 36.8 Å². The van der Waals surface area contributed by atoms with Gasteiger partial charge >= 0.3 is 5.82 Å². The molecule has 0 spiro atoms. The van der Waals surface area contributed by atoms with Gasteiger partial charge in [-0.1, -0.05) is 24.3 Å². The maximum Gasteiger partial charge on any atom is 0.390 e. The Hall–Kier alpha value is -3.49. The molecule has 1 N–H and O–H groups in total. The van der Waals surface area contributed by atoms with Crippen LogP contribution in [0.1, 0.15) is 29.8 Å². The third-order valence-corrected chi connectivity index (χ3v) is 4.33. The molecule has 2 aromatic heterocycles. The lowest BCUT2D eigenvalue weighted by molar-refractivity contribution is -0.389. The number of anilines is 1. The molecule has 0 bridgehead atoms. The fourth-order valence-corrected chi connectivity index (χ4v) is 2.77. The van der Waals surface area contributed by atoms with Gasteiger partial charge in [0, 0.05) is 12.3 Å². The molecule has 3 rings (SSSR count). The third-order valence-electron chi connectivity index (χ3n) is 4.33. The van der Waals surface area contributed by atoms with Gasteiger partial charge in [0.2, 0.25) is 0 Å². The maximum absolute atomic E-state index is 12.5. The number of carbonyl (C=O) groups excluding carboxylic acids is 1. The minimum Gasteiger partial charge on any atom is -0.358 e. The van der Waals surface area contributed by atoms with Crippen LogP contribution in [0.3, 0.4) is 0 Å². The van der Waals surface area contributed by atoms with Crippen molar-refractivity contribution >= 4 is 17.5 Å². The highest BCUT2D eigenvalue weighted by Crippen LogP contribution is 2.17. The number of benzene rings is 1. The minimum absolute atomic E-state index is 0.283. The Morgan fingerprint density at radius 1 is 1.26 bits per heavy atom. The van der Waals surface area contributed by atoms with Crippen molar-refractivity contribution in [1.82, 2.24) is 19.6 Å². The highest BCUT2D eigenvalue weighted by molar-refractivity contribution is 5.92. The van der Waals surface area contributed by atoms with Crippen LogP contribution in [-0.4, -0.2) is 30.4 Å². The molecule has 0 saturated heterocycles. The Morgan fingerprint density at radius 2 is 2.00 bits per heavy atom. The predicted octanol–water partition coefficient (Wildman–Crippen LogP) is 2.85. The second kappa shape index (κ2) is 7.40. The quantitative estimate of drug-likeness (QED) is 0.532. The van der Waals surface area contributed by atoms with Crippen molar-refractivity contribution in [3.05, 3.63) is 69.5 Å². The second-order valence-corrected chi connectivity index (χ2v) is 6.34. The molecule has 27 heavy (non-hydrogen) atoms. The lowest BCUT2D eigenvalue weighted by Crippen LogP contribution is -2.25. The molecular formula is C18H20N6O3. The van der Waals surface area contributed by atoms with Gasteiger partial charge in [-0.15, -0.1) is 0 Å². The van der Waals surface area contributed by atoms with Crippen LogP contribution in [0.2, 0.25) is 0 Å². The molecular weight excluding hydrogens is 348 g/mol. The molecule has 0 saturated carbocycles. The Labute approximate surface area is 155 Å². The summed E-state index contributed by atoms with van der Waals surface area (Å²) in [7, 11) is 0. The summed E-state index contributed by atoms with van der Waals surface area (Å²) < 4.78 is 3.07. The summed E-state index contributed by atoms with van der Waals surface area (Å²) in [6.07, 6.45) is 1.79. The molecule has 3 aromatic rings. The Balaban J connectivity index is 1.69. The molecule has 1 unspecified atom stereocenters. The van der Waals surface area contributed by atoms with Crippen LogP contribution in [0.15, 0.2) is 42.6 Å². The minimum atomic E-state index is -0.708. The van der Waals surface area contributed by atoms with Crippen molar-refractivity contribution in [2.45, 2.75) is 33.4 Å². The zero-order valence-electron chi connectivity index (χ0n) is 15.3. The molecule has 0 aliphatic rings. The average Bonchev–Trinajstić information content (AvgIpc) is 3.23. The summed E-state index contributed by atoms with van der Waals surface area (Å²) in [5.41, 5.74) is 2.85. The van der Waals surface area contributed by atoms with Crippen LogP contribution >= 0.6 is 0 Å². The van der Waals surface area contributed by atoms with E-state index in [1.165, 1.54) is 16.3 Å². The SMILES string of the molecule is Cc1ccccc1Cn1ccc(NC(=O)C(C)n2nc([N+](=O)[O-])cc2C)n1. The van der Waals surface area contributed by atoms with Crippen molar-refractivity contribution in [1.29, 1.82) is 0 Å². The normalized spacial score (nSPS) is 12.0. The van der Waals surface area contributed by atoms with Crippen molar-refractivity contribution in [2.24, 2.45) is 0 Å². The monoisotopic (exact) mass is 368 g/mol. The molecule has 1 aromatic carbocycles. The van der Waals surface area contributed by atoms with Gasteiger partial charge in [-0.25, -0.2) is 0 Å². The van der Waals surface area contributed by atoms with Gasteiger partial charge in [0.15, 0.2) is 5.82 Å². The van der Waals surface area contributed by atoms with E-state index in [4.69, 9.17) is 0 Å². The summed E-state index contributed by atoms with van der Waals surface area (Å²) >= 11 is 0. The lowest BCUT2D eigenvalue weighted by Gasteiger charge is -2.10. The van der Waals surface area contributed by atoms with Crippen LogP contribution in [-0.2, 0) is 11.3 Å². The Kier molecular flexibility index (Phi) is 5.02. The van der Waals surface area contributed by atoms with Gasteiger partial charge in [0.05, 0.1) is 23.4 Å². The zero-order valence-corrected chi connectivity index (χ0v) is 15.3. The molecule has 1 amide bonds. The first kappa shape index (κ1) is 18.3. The molecule has 0 aliphatic heterocycles. The number of nitro groups is 1. The van der Waals surface area contributed by atoms with Crippen LogP contribution < -0.4 is 5.32 Å². The van der Waals surface area contributed by atoms with Gasteiger partial charge in [0.1, 0.15) is 6.04 Å². The fraction of sp³-hybridized carbons (Fsp3) is 0.278. The number of hydrogen-bond donors (Lipinski definition) is 1. The second-order valence-electron chi connectivity index (χ2n) is 6.34. The van der Waals surface area contributed by atoms with E-state index in [1.54, 1.807) is 30.8 Å². The summed E-state index contributed by atoms with van der Waals surface area (Å²) in [4.78, 5) is 22.7. The topological polar surface area (TPSA) is 108 Å². The van der Waals surface area contributed by atoms with Crippen molar-refractivity contribution in [3.63, 3.8) is 0 Å². The Bertz CT molecular complexity index is 991. The summed E-state index contributed by atoms with van der Waals surface area (Å²) in [5, 5.41) is 21.8. The van der Waals surface area contributed by atoms with Gasteiger partial charge < -0.3 is 15.4 Å². The zero-order chi connectivity index (χ0) is 19.6. The molecule has 140 valence electrons. The Morgan fingerprint density at radius 3 is 2.67 bits per heavy atom. The van der Waals surface area contributed by atoms with E-state index < -0.39 is 11.0 Å². The van der Waals surface area contributed by atoms with Crippen LogP contribution in [0.5, 0.6) is 0 Å². The average molecular weight is 368 g/mol.